The van der Waals surface area contributed by atoms with E-state index < -0.39 is 0 Å². The molecule has 1 nitrogen and oxygen atoms in total. The van der Waals surface area contributed by atoms with E-state index >= 15 is 0 Å². The molecular weight excluding hydrogens is 266 g/mol. The molecule has 0 unspecified atom stereocenters. The van der Waals surface area contributed by atoms with Gasteiger partial charge in [-0.05, 0) is 30.4 Å². The summed E-state index contributed by atoms with van der Waals surface area (Å²) in [5.41, 5.74) is 2.80. The summed E-state index contributed by atoms with van der Waals surface area (Å²) in [4.78, 5) is 2.62. The fourth-order valence-corrected chi connectivity index (χ4v) is 3.20. The topological polar surface area (TPSA) is 3.24 Å². The molecule has 1 aliphatic rings. The van der Waals surface area contributed by atoms with Crippen LogP contribution in [0.15, 0.2) is 72.8 Å². The van der Waals surface area contributed by atoms with Gasteiger partial charge in [0.05, 0.1) is 0 Å². The molecule has 0 saturated heterocycles. The van der Waals surface area contributed by atoms with E-state index in [1.54, 1.807) is 0 Å². The minimum atomic E-state index is 0.558. The number of nitrogens with zero attached hydrogens (tertiary/aromatic N) is 1. The average molecular weight is 291 g/mol. The van der Waals surface area contributed by atoms with Crippen molar-refractivity contribution in [2.24, 2.45) is 0 Å². The van der Waals surface area contributed by atoms with Gasteiger partial charge in [-0.2, -0.15) is 0 Å². The van der Waals surface area contributed by atoms with Gasteiger partial charge >= 0.3 is 0 Å². The zero-order valence-electron chi connectivity index (χ0n) is 13.2. The Bertz CT molecular complexity index is 532. The van der Waals surface area contributed by atoms with E-state index in [1.165, 1.54) is 36.8 Å². The molecule has 0 fully saturated rings. The molecule has 1 heteroatoms. The molecule has 3 rings (SSSR count). The van der Waals surface area contributed by atoms with E-state index in [0.717, 1.165) is 13.1 Å². The number of rotatable bonds is 5. The second kappa shape index (κ2) is 7.95. The van der Waals surface area contributed by atoms with Crippen LogP contribution in [0.5, 0.6) is 0 Å². The van der Waals surface area contributed by atoms with Crippen molar-refractivity contribution in [3.63, 3.8) is 0 Å². The maximum absolute atomic E-state index is 2.62. The summed E-state index contributed by atoms with van der Waals surface area (Å²) in [5.74, 6) is 0. The molecule has 2 aromatic carbocycles. The Morgan fingerprint density at radius 3 is 1.95 bits per heavy atom. The molecule has 0 N–H and O–H groups in total. The third-order valence-corrected chi connectivity index (χ3v) is 4.40. The van der Waals surface area contributed by atoms with Gasteiger partial charge in [0.25, 0.3) is 0 Å². The molecule has 2 aromatic rings. The quantitative estimate of drug-likeness (QED) is 0.685. The summed E-state index contributed by atoms with van der Waals surface area (Å²) >= 11 is 0. The second-order valence-electron chi connectivity index (χ2n) is 6.16. The molecule has 0 amide bonds. The van der Waals surface area contributed by atoms with Crippen molar-refractivity contribution in [3.05, 3.63) is 83.9 Å². The van der Waals surface area contributed by atoms with E-state index in [0.29, 0.717) is 6.04 Å². The third kappa shape index (κ3) is 4.32. The van der Waals surface area contributed by atoms with E-state index in [2.05, 4.69) is 77.7 Å². The van der Waals surface area contributed by atoms with Crippen LogP contribution in [0.4, 0.5) is 0 Å². The van der Waals surface area contributed by atoms with Gasteiger partial charge in [-0.3, -0.25) is 4.90 Å². The first-order valence-electron chi connectivity index (χ1n) is 8.40. The van der Waals surface area contributed by atoms with Crippen LogP contribution in [0.2, 0.25) is 0 Å². The molecule has 1 aliphatic carbocycles. The summed E-state index contributed by atoms with van der Waals surface area (Å²) < 4.78 is 0. The third-order valence-electron chi connectivity index (χ3n) is 4.40. The van der Waals surface area contributed by atoms with Crippen molar-refractivity contribution in [2.45, 2.75) is 44.8 Å². The zero-order chi connectivity index (χ0) is 15.0. The average Bonchev–Trinajstić information content (AvgIpc) is 2.85. The Kier molecular flexibility index (Phi) is 5.44. The van der Waals surface area contributed by atoms with Gasteiger partial charge in [-0.25, -0.2) is 0 Å². The highest BCUT2D eigenvalue weighted by Crippen LogP contribution is 2.21. The molecule has 0 aliphatic heterocycles. The van der Waals surface area contributed by atoms with E-state index in [-0.39, 0.29) is 0 Å². The van der Waals surface area contributed by atoms with Crippen molar-refractivity contribution < 1.29 is 0 Å². The van der Waals surface area contributed by atoms with Crippen LogP contribution < -0.4 is 0 Å². The number of allylic oxidation sites excluding steroid dienone is 1. The fraction of sp³-hybridized carbons (Fsp3) is 0.333. The summed E-state index contributed by atoms with van der Waals surface area (Å²) in [6.07, 6.45) is 9.98. The van der Waals surface area contributed by atoms with Crippen molar-refractivity contribution in [2.75, 3.05) is 0 Å². The summed E-state index contributed by atoms with van der Waals surface area (Å²) in [6, 6.07) is 22.2. The molecule has 114 valence electrons. The van der Waals surface area contributed by atoms with Crippen molar-refractivity contribution >= 4 is 0 Å². The summed E-state index contributed by atoms with van der Waals surface area (Å²) in [6.45, 7) is 2.04. The van der Waals surface area contributed by atoms with Gasteiger partial charge in [0.2, 0.25) is 0 Å². The van der Waals surface area contributed by atoms with Crippen LogP contribution in [0.1, 0.15) is 36.8 Å². The summed E-state index contributed by atoms with van der Waals surface area (Å²) in [5, 5.41) is 0. The second-order valence-corrected chi connectivity index (χ2v) is 6.16. The number of hydrogen-bond acceptors (Lipinski definition) is 1. The molecule has 0 radical (unpaired) electrons. The molecule has 1 atom stereocenters. The van der Waals surface area contributed by atoms with Crippen LogP contribution in [0.3, 0.4) is 0 Å². The molecule has 22 heavy (non-hydrogen) atoms. The molecule has 0 spiro atoms. The first-order chi connectivity index (χ1) is 10.9. The molecule has 0 bridgehead atoms. The lowest BCUT2D eigenvalue weighted by atomic mass is 10.1. The minimum Gasteiger partial charge on any atom is -0.288 e. The Labute approximate surface area is 134 Å². The summed E-state index contributed by atoms with van der Waals surface area (Å²) in [7, 11) is 0. The van der Waals surface area contributed by atoms with Gasteiger partial charge in [0.1, 0.15) is 0 Å². The van der Waals surface area contributed by atoms with Gasteiger partial charge in [0.15, 0.2) is 0 Å². The molecule has 0 heterocycles. The largest absolute Gasteiger partial charge is 0.288 e. The Hall–Kier alpha value is -1.86. The lowest BCUT2D eigenvalue weighted by Gasteiger charge is -2.29. The first kappa shape index (κ1) is 15.1. The van der Waals surface area contributed by atoms with Gasteiger partial charge in [-0.15, -0.1) is 0 Å². The lowest BCUT2D eigenvalue weighted by molar-refractivity contribution is 0.201. The minimum absolute atomic E-state index is 0.558. The first-order valence-corrected chi connectivity index (χ1v) is 8.40. The zero-order valence-corrected chi connectivity index (χ0v) is 13.2. The van der Waals surface area contributed by atoms with Crippen LogP contribution >= 0.6 is 0 Å². The normalized spacial score (nSPS) is 18.3. The maximum atomic E-state index is 2.62. The predicted octanol–water partition coefficient (Wildman–Crippen LogP) is 5.19. The van der Waals surface area contributed by atoms with Gasteiger partial charge < -0.3 is 0 Å². The highest BCUT2D eigenvalue weighted by Gasteiger charge is 2.17. The van der Waals surface area contributed by atoms with Crippen LogP contribution in [-0.4, -0.2) is 10.9 Å². The molecule has 0 aromatic heterocycles. The predicted molar refractivity (Wildman–Crippen MR) is 93.5 cm³/mol. The standard InChI is InChI=1S/C21H25N/c1-2-10-16-21(15-9-1)22(17-19-11-5-3-6-12-19)18-20-13-7-4-8-14-20/h3-9,11-15,21H,1-2,10,16-18H2/t21-/m0/s1. The Morgan fingerprint density at radius 2 is 1.36 bits per heavy atom. The van der Waals surface area contributed by atoms with Crippen molar-refractivity contribution in [3.8, 4) is 0 Å². The molecule has 0 saturated carbocycles. The Balaban J connectivity index is 1.77. The van der Waals surface area contributed by atoms with Crippen LogP contribution in [-0.2, 0) is 13.1 Å². The monoisotopic (exact) mass is 291 g/mol. The fourth-order valence-electron chi connectivity index (χ4n) is 3.20. The van der Waals surface area contributed by atoms with Crippen molar-refractivity contribution in [1.29, 1.82) is 0 Å². The Morgan fingerprint density at radius 1 is 0.773 bits per heavy atom. The van der Waals surface area contributed by atoms with Crippen molar-refractivity contribution in [1.82, 2.24) is 4.90 Å². The number of hydrogen-bond donors (Lipinski definition) is 0. The van der Waals surface area contributed by atoms with Crippen LogP contribution in [0, 0.1) is 0 Å². The van der Waals surface area contributed by atoms with E-state index in [4.69, 9.17) is 0 Å². The molecular formula is C21H25N. The van der Waals surface area contributed by atoms with Gasteiger partial charge in [-0.1, -0.05) is 79.2 Å². The smallest absolute Gasteiger partial charge is 0.0285 e. The van der Waals surface area contributed by atoms with Gasteiger partial charge in [0, 0.05) is 19.1 Å². The highest BCUT2D eigenvalue weighted by molar-refractivity contribution is 5.18. The highest BCUT2D eigenvalue weighted by atomic mass is 15.1. The lowest BCUT2D eigenvalue weighted by Crippen LogP contribution is -2.32. The maximum Gasteiger partial charge on any atom is 0.0285 e. The SMILES string of the molecule is C1=C[C@H](N(Cc2ccccc2)Cc2ccccc2)CCCC1. The van der Waals surface area contributed by atoms with Crippen LogP contribution in [0.25, 0.3) is 0 Å². The number of benzene rings is 2. The van der Waals surface area contributed by atoms with E-state index in [9.17, 15) is 0 Å². The van der Waals surface area contributed by atoms with E-state index in [1.807, 2.05) is 0 Å².